The van der Waals surface area contributed by atoms with Crippen molar-refractivity contribution < 1.29 is 9.53 Å². The highest BCUT2D eigenvalue weighted by molar-refractivity contribution is 5.96. The second-order valence-corrected chi connectivity index (χ2v) is 3.55. The number of nitrogens with zero attached hydrogens (tertiary/aromatic N) is 1. The lowest BCUT2D eigenvalue weighted by atomic mass is 10.1. The second-order valence-electron chi connectivity index (χ2n) is 3.55. The van der Waals surface area contributed by atoms with Gasteiger partial charge in [0.05, 0.1) is 12.8 Å². The highest BCUT2D eigenvalue weighted by atomic mass is 16.5. The number of carbonyl (C=O) groups is 1. The molecule has 0 spiro atoms. The predicted molar refractivity (Wildman–Crippen MR) is 60.6 cm³/mol. The number of hydrogen-bond donors (Lipinski definition) is 1. The average molecular weight is 208 g/mol. The summed E-state index contributed by atoms with van der Waals surface area (Å²) in [5, 5.41) is 0. The molecule has 0 aromatic heterocycles. The van der Waals surface area contributed by atoms with Crippen molar-refractivity contribution in [1.82, 2.24) is 0 Å². The molecule has 0 atom stereocenters. The van der Waals surface area contributed by atoms with E-state index < -0.39 is 5.91 Å². The monoisotopic (exact) mass is 208 g/mol. The Labute approximate surface area is 89.6 Å². The Hall–Kier alpha value is -1.71. The number of amides is 1. The zero-order valence-electron chi connectivity index (χ0n) is 9.50. The van der Waals surface area contributed by atoms with E-state index >= 15 is 0 Å². The zero-order valence-corrected chi connectivity index (χ0v) is 9.50. The summed E-state index contributed by atoms with van der Waals surface area (Å²) in [5.41, 5.74) is 7.46. The third-order valence-electron chi connectivity index (χ3n) is 2.34. The van der Waals surface area contributed by atoms with Crippen LogP contribution in [0.2, 0.25) is 0 Å². The number of benzene rings is 1. The molecule has 1 aromatic carbocycles. The van der Waals surface area contributed by atoms with E-state index in [0.29, 0.717) is 11.3 Å². The number of nitrogens with two attached hydrogens (primary N) is 1. The van der Waals surface area contributed by atoms with Crippen LogP contribution in [0.25, 0.3) is 0 Å². The molecule has 0 heterocycles. The largest absolute Gasteiger partial charge is 0.494 e. The number of carbonyl (C=O) groups excluding carboxylic acids is 1. The summed E-state index contributed by atoms with van der Waals surface area (Å²) in [4.78, 5) is 13.1. The molecule has 82 valence electrons. The molecule has 0 fully saturated rings. The minimum Gasteiger partial charge on any atom is -0.494 e. The molecule has 4 nitrogen and oxygen atoms in total. The number of methoxy groups -OCH3 is 1. The fourth-order valence-electron chi connectivity index (χ4n) is 1.55. The van der Waals surface area contributed by atoms with Gasteiger partial charge in [0, 0.05) is 25.2 Å². The van der Waals surface area contributed by atoms with E-state index in [1.807, 2.05) is 32.0 Å². The first-order valence-electron chi connectivity index (χ1n) is 4.63. The Balaban J connectivity index is 3.39. The predicted octanol–water partition coefficient (Wildman–Crippen LogP) is 1.17. The zero-order chi connectivity index (χ0) is 11.6. The Bertz CT molecular complexity index is 386. The first kappa shape index (κ1) is 11.4. The van der Waals surface area contributed by atoms with Crippen LogP contribution in [0.5, 0.6) is 5.75 Å². The second kappa shape index (κ2) is 4.21. The summed E-state index contributed by atoms with van der Waals surface area (Å²) in [6.45, 7) is 1.83. The molecule has 1 amide bonds. The van der Waals surface area contributed by atoms with Gasteiger partial charge >= 0.3 is 0 Å². The third kappa shape index (κ3) is 2.03. The average Bonchev–Trinajstić information content (AvgIpc) is 2.16. The normalized spacial score (nSPS) is 9.87. The van der Waals surface area contributed by atoms with Crippen molar-refractivity contribution in [3.63, 3.8) is 0 Å². The summed E-state index contributed by atoms with van der Waals surface area (Å²) >= 11 is 0. The van der Waals surface area contributed by atoms with Gasteiger partial charge in [-0.25, -0.2) is 0 Å². The molecule has 15 heavy (non-hydrogen) atoms. The van der Waals surface area contributed by atoms with Crippen LogP contribution in [0.1, 0.15) is 15.9 Å². The van der Waals surface area contributed by atoms with Crippen LogP contribution >= 0.6 is 0 Å². The first-order chi connectivity index (χ1) is 6.99. The molecule has 1 aromatic rings. The van der Waals surface area contributed by atoms with E-state index in [-0.39, 0.29) is 0 Å². The van der Waals surface area contributed by atoms with Crippen LogP contribution in [0, 0.1) is 6.92 Å². The van der Waals surface area contributed by atoms with Crippen LogP contribution in [0.4, 0.5) is 5.69 Å². The number of primary amides is 1. The highest BCUT2D eigenvalue weighted by Gasteiger charge is 2.14. The smallest absolute Gasteiger partial charge is 0.249 e. The van der Waals surface area contributed by atoms with Gasteiger partial charge < -0.3 is 15.4 Å². The van der Waals surface area contributed by atoms with Crippen LogP contribution in [-0.2, 0) is 0 Å². The maximum atomic E-state index is 11.1. The Morgan fingerprint density at radius 3 is 2.40 bits per heavy atom. The molecular weight excluding hydrogens is 192 g/mol. The molecule has 0 aliphatic rings. The summed E-state index contributed by atoms with van der Waals surface area (Å²) < 4.78 is 5.28. The lowest BCUT2D eigenvalue weighted by Gasteiger charge is -2.19. The van der Waals surface area contributed by atoms with E-state index in [4.69, 9.17) is 10.5 Å². The standard InChI is InChI=1S/C11H16N2O2/c1-7-8(11(12)14)5-6-9(13(2)3)10(7)15-4/h5-6H,1-4H3,(H2,12,14). The van der Waals surface area contributed by atoms with Gasteiger partial charge in [0.2, 0.25) is 5.91 Å². The highest BCUT2D eigenvalue weighted by Crippen LogP contribution is 2.32. The Kier molecular flexibility index (Phi) is 3.19. The van der Waals surface area contributed by atoms with Crippen LogP contribution < -0.4 is 15.4 Å². The van der Waals surface area contributed by atoms with Crippen molar-refractivity contribution in [3.8, 4) is 5.75 Å². The molecule has 0 aliphatic heterocycles. The molecule has 4 heteroatoms. The van der Waals surface area contributed by atoms with Crippen molar-refractivity contribution in [3.05, 3.63) is 23.3 Å². The molecule has 0 saturated heterocycles. The summed E-state index contributed by atoms with van der Waals surface area (Å²) in [6, 6.07) is 3.54. The topological polar surface area (TPSA) is 55.6 Å². The molecular formula is C11H16N2O2. The van der Waals surface area contributed by atoms with Crippen molar-refractivity contribution in [2.24, 2.45) is 5.73 Å². The van der Waals surface area contributed by atoms with Crippen molar-refractivity contribution in [2.45, 2.75) is 6.92 Å². The lowest BCUT2D eigenvalue weighted by molar-refractivity contribution is 0.0999. The first-order valence-corrected chi connectivity index (χ1v) is 4.63. The van der Waals surface area contributed by atoms with Gasteiger partial charge in [-0.1, -0.05) is 0 Å². The minimum atomic E-state index is -0.434. The fourth-order valence-corrected chi connectivity index (χ4v) is 1.55. The van der Waals surface area contributed by atoms with E-state index in [1.54, 1.807) is 13.2 Å². The van der Waals surface area contributed by atoms with Gasteiger partial charge in [-0.05, 0) is 19.1 Å². The van der Waals surface area contributed by atoms with Gasteiger partial charge in [-0.3, -0.25) is 4.79 Å². The van der Waals surface area contributed by atoms with Gasteiger partial charge in [-0.15, -0.1) is 0 Å². The number of rotatable bonds is 3. The summed E-state index contributed by atoms with van der Waals surface area (Å²) in [7, 11) is 5.42. The maximum absolute atomic E-state index is 11.1. The molecule has 0 saturated carbocycles. The van der Waals surface area contributed by atoms with E-state index in [0.717, 1.165) is 11.3 Å². The molecule has 1 rings (SSSR count). The number of anilines is 1. The van der Waals surface area contributed by atoms with Crippen molar-refractivity contribution >= 4 is 11.6 Å². The van der Waals surface area contributed by atoms with Crippen molar-refractivity contribution in [1.29, 1.82) is 0 Å². The van der Waals surface area contributed by atoms with Crippen molar-refractivity contribution in [2.75, 3.05) is 26.1 Å². The maximum Gasteiger partial charge on any atom is 0.249 e. The molecule has 0 bridgehead atoms. The number of ether oxygens (including phenoxy) is 1. The quantitative estimate of drug-likeness (QED) is 0.811. The van der Waals surface area contributed by atoms with Gasteiger partial charge in [0.1, 0.15) is 5.75 Å². The molecule has 0 unspecified atom stereocenters. The Morgan fingerprint density at radius 2 is 2.00 bits per heavy atom. The van der Waals surface area contributed by atoms with Gasteiger partial charge in [-0.2, -0.15) is 0 Å². The van der Waals surface area contributed by atoms with E-state index in [9.17, 15) is 4.79 Å². The molecule has 0 radical (unpaired) electrons. The minimum absolute atomic E-state index is 0.434. The van der Waals surface area contributed by atoms with E-state index in [2.05, 4.69) is 0 Å². The van der Waals surface area contributed by atoms with Crippen LogP contribution in [0.3, 0.4) is 0 Å². The summed E-state index contributed by atoms with van der Waals surface area (Å²) in [6.07, 6.45) is 0. The van der Waals surface area contributed by atoms with Gasteiger partial charge in [0.15, 0.2) is 0 Å². The van der Waals surface area contributed by atoms with E-state index in [1.165, 1.54) is 0 Å². The van der Waals surface area contributed by atoms with Gasteiger partial charge in [0.25, 0.3) is 0 Å². The van der Waals surface area contributed by atoms with Crippen LogP contribution in [-0.4, -0.2) is 27.1 Å². The van der Waals surface area contributed by atoms with Crippen LogP contribution in [0.15, 0.2) is 12.1 Å². The molecule has 0 aliphatic carbocycles. The summed E-state index contributed by atoms with van der Waals surface area (Å²) in [5.74, 6) is 0.257. The Morgan fingerprint density at radius 1 is 1.40 bits per heavy atom. The number of hydrogen-bond acceptors (Lipinski definition) is 3. The SMILES string of the molecule is COc1c(N(C)C)ccc(C(N)=O)c1C. The fraction of sp³-hybridized carbons (Fsp3) is 0.364. The molecule has 2 N–H and O–H groups in total. The lowest BCUT2D eigenvalue weighted by Crippen LogP contribution is -2.16. The third-order valence-corrected chi connectivity index (χ3v) is 2.34.